The molecule has 3 rings (SSSR count). The molecule has 0 aliphatic carbocycles. The van der Waals surface area contributed by atoms with E-state index >= 15 is 0 Å². The van der Waals surface area contributed by atoms with Gasteiger partial charge in [-0.1, -0.05) is 26.0 Å². The largest absolute Gasteiger partial charge is 0.490 e. The number of piperidine rings is 1. The van der Waals surface area contributed by atoms with Crippen molar-refractivity contribution in [3.63, 3.8) is 0 Å². The monoisotopic (exact) mass is 472 g/mol. The first-order valence-corrected chi connectivity index (χ1v) is 10.9. The smallest absolute Gasteiger partial charge is 0.417 e. The Bertz CT molecular complexity index is 953. The van der Waals surface area contributed by atoms with Crippen LogP contribution in [0.15, 0.2) is 42.6 Å². The summed E-state index contributed by atoms with van der Waals surface area (Å²) in [5.74, 6) is 0.850. The number of aromatic nitrogens is 1. The van der Waals surface area contributed by atoms with Gasteiger partial charge < -0.3 is 9.64 Å². The fraction of sp³-hybridized carbons (Fsp3) is 0.458. The van der Waals surface area contributed by atoms with Crippen molar-refractivity contribution in [2.45, 2.75) is 64.0 Å². The number of alkyl halides is 6. The summed E-state index contributed by atoms with van der Waals surface area (Å²) in [5, 5.41) is 0. The molecule has 1 saturated heterocycles. The van der Waals surface area contributed by atoms with Crippen LogP contribution >= 0.6 is 0 Å². The van der Waals surface area contributed by atoms with Gasteiger partial charge in [0.05, 0.1) is 11.1 Å². The maximum Gasteiger partial charge on any atom is 0.417 e. The molecule has 2 aromatic rings. The lowest BCUT2D eigenvalue weighted by atomic mass is 9.97. The van der Waals surface area contributed by atoms with Crippen LogP contribution in [0.2, 0.25) is 0 Å². The van der Waals surface area contributed by atoms with Crippen molar-refractivity contribution in [1.29, 1.82) is 0 Å². The summed E-state index contributed by atoms with van der Waals surface area (Å²) in [6, 6.07) is 5.82. The third kappa shape index (κ3) is 6.21. The summed E-state index contributed by atoms with van der Waals surface area (Å²) in [6.07, 6.45) is -2.34. The molecule has 180 valence electrons. The Labute approximate surface area is 189 Å². The van der Waals surface area contributed by atoms with Crippen LogP contribution in [-0.2, 0) is 12.4 Å². The second kappa shape index (κ2) is 10.1. The SMILES string of the molecule is CC/C=C/c1cc(C(F)(F)F)ccc1O[C@H]1CCN(c2ccc(C(F)(F)F)cn2)[C@@H](CC)C1. The van der Waals surface area contributed by atoms with Gasteiger partial charge in [0.25, 0.3) is 0 Å². The predicted molar refractivity (Wildman–Crippen MR) is 115 cm³/mol. The highest BCUT2D eigenvalue weighted by Gasteiger charge is 2.34. The van der Waals surface area contributed by atoms with Crippen LogP contribution in [0.1, 0.15) is 56.2 Å². The maximum atomic E-state index is 13.1. The highest BCUT2D eigenvalue weighted by molar-refractivity contribution is 5.59. The van der Waals surface area contributed by atoms with Crippen LogP contribution in [0.25, 0.3) is 6.08 Å². The van der Waals surface area contributed by atoms with Gasteiger partial charge in [-0.25, -0.2) is 4.98 Å². The van der Waals surface area contributed by atoms with Crippen LogP contribution in [0, 0.1) is 0 Å². The summed E-state index contributed by atoms with van der Waals surface area (Å²) in [4.78, 5) is 5.97. The Morgan fingerprint density at radius 3 is 2.30 bits per heavy atom. The number of ether oxygens (including phenoxy) is 1. The third-order valence-corrected chi connectivity index (χ3v) is 5.67. The van der Waals surface area contributed by atoms with Crippen LogP contribution in [0.4, 0.5) is 32.2 Å². The van der Waals surface area contributed by atoms with E-state index in [1.165, 1.54) is 12.1 Å². The molecule has 1 aliphatic rings. The number of pyridine rings is 1. The molecule has 0 saturated carbocycles. The minimum Gasteiger partial charge on any atom is -0.490 e. The molecule has 2 heterocycles. The molecule has 1 fully saturated rings. The van der Waals surface area contributed by atoms with Crippen molar-refractivity contribution in [2.75, 3.05) is 11.4 Å². The Balaban J connectivity index is 1.75. The van der Waals surface area contributed by atoms with Crippen LogP contribution in [0.5, 0.6) is 5.75 Å². The molecule has 1 aromatic carbocycles. The molecular formula is C24H26F6N2O. The van der Waals surface area contributed by atoms with Gasteiger partial charge in [-0.15, -0.1) is 0 Å². The molecule has 0 bridgehead atoms. The number of hydrogen-bond acceptors (Lipinski definition) is 3. The van der Waals surface area contributed by atoms with Gasteiger partial charge in [-0.05, 0) is 43.2 Å². The molecule has 33 heavy (non-hydrogen) atoms. The van der Waals surface area contributed by atoms with Gasteiger partial charge >= 0.3 is 12.4 Å². The van der Waals surface area contributed by atoms with Crippen molar-refractivity contribution in [1.82, 2.24) is 4.98 Å². The van der Waals surface area contributed by atoms with Gasteiger partial charge in [0.2, 0.25) is 0 Å². The van der Waals surface area contributed by atoms with E-state index < -0.39 is 23.5 Å². The van der Waals surface area contributed by atoms with E-state index in [2.05, 4.69) is 4.98 Å². The number of benzene rings is 1. The number of rotatable bonds is 6. The van der Waals surface area contributed by atoms with Gasteiger partial charge in [0.15, 0.2) is 0 Å². The van der Waals surface area contributed by atoms with Crippen molar-refractivity contribution in [2.24, 2.45) is 0 Å². The predicted octanol–water partition coefficient (Wildman–Crippen LogP) is 7.37. The average molecular weight is 472 g/mol. The van der Waals surface area contributed by atoms with E-state index in [-0.39, 0.29) is 12.1 Å². The number of nitrogens with zero attached hydrogens (tertiary/aromatic N) is 2. The van der Waals surface area contributed by atoms with E-state index in [0.717, 1.165) is 30.8 Å². The minimum absolute atomic E-state index is 0.0166. The lowest BCUT2D eigenvalue weighted by Gasteiger charge is -2.40. The second-order valence-corrected chi connectivity index (χ2v) is 7.98. The topological polar surface area (TPSA) is 25.4 Å². The lowest BCUT2D eigenvalue weighted by Crippen LogP contribution is -2.46. The summed E-state index contributed by atoms with van der Waals surface area (Å²) in [6.45, 7) is 4.38. The van der Waals surface area contributed by atoms with E-state index in [1.807, 2.05) is 18.7 Å². The van der Waals surface area contributed by atoms with Crippen molar-refractivity contribution in [3.8, 4) is 5.75 Å². The van der Waals surface area contributed by atoms with Crippen LogP contribution in [-0.4, -0.2) is 23.7 Å². The second-order valence-electron chi connectivity index (χ2n) is 7.98. The normalized spacial score (nSPS) is 19.8. The van der Waals surface area contributed by atoms with Crippen molar-refractivity contribution in [3.05, 3.63) is 59.3 Å². The highest BCUT2D eigenvalue weighted by Crippen LogP contribution is 2.35. The van der Waals surface area contributed by atoms with E-state index in [0.29, 0.717) is 42.9 Å². The summed E-state index contributed by atoms with van der Waals surface area (Å²) in [5.41, 5.74) is -1.17. The fourth-order valence-corrected chi connectivity index (χ4v) is 3.92. The zero-order chi connectivity index (χ0) is 24.2. The molecule has 1 aliphatic heterocycles. The van der Waals surface area contributed by atoms with Crippen molar-refractivity contribution < 1.29 is 31.1 Å². The molecule has 0 unspecified atom stereocenters. The quantitative estimate of drug-likeness (QED) is 0.411. The zero-order valence-corrected chi connectivity index (χ0v) is 18.4. The molecular weight excluding hydrogens is 446 g/mol. The van der Waals surface area contributed by atoms with E-state index in [4.69, 9.17) is 4.74 Å². The van der Waals surface area contributed by atoms with E-state index in [1.54, 1.807) is 12.2 Å². The number of hydrogen-bond donors (Lipinski definition) is 0. The minimum atomic E-state index is -4.44. The van der Waals surface area contributed by atoms with Crippen LogP contribution in [0.3, 0.4) is 0 Å². The molecule has 2 atom stereocenters. The van der Waals surface area contributed by atoms with E-state index in [9.17, 15) is 26.3 Å². The maximum absolute atomic E-state index is 13.1. The fourth-order valence-electron chi connectivity index (χ4n) is 3.92. The highest BCUT2D eigenvalue weighted by atomic mass is 19.4. The van der Waals surface area contributed by atoms with Gasteiger partial charge in [0, 0.05) is 37.2 Å². The Kier molecular flexibility index (Phi) is 7.59. The molecule has 3 nitrogen and oxygen atoms in total. The zero-order valence-electron chi connectivity index (χ0n) is 18.4. The summed E-state index contributed by atoms with van der Waals surface area (Å²) in [7, 11) is 0. The van der Waals surface area contributed by atoms with Gasteiger partial charge in [0.1, 0.15) is 17.7 Å². The molecule has 1 aromatic heterocycles. The first kappa shape index (κ1) is 24.9. The van der Waals surface area contributed by atoms with Gasteiger partial charge in [-0.3, -0.25) is 0 Å². The standard InChI is InChI=1S/C24H26F6N2O/c1-3-5-6-16-13-17(23(25,26)27)7-9-21(16)33-20-11-12-32(19(4-2)14-20)22-10-8-18(15-31-22)24(28,29)30/h5-10,13,15,19-20H,3-4,11-12,14H2,1-2H3/b6-5+/t19-,20-/m0/s1. The number of allylic oxidation sites excluding steroid dienone is 1. The Morgan fingerprint density at radius 1 is 1.03 bits per heavy atom. The Hall–Kier alpha value is -2.71. The lowest BCUT2D eigenvalue weighted by molar-refractivity contribution is -0.138. The number of anilines is 1. The first-order valence-electron chi connectivity index (χ1n) is 10.9. The average Bonchev–Trinajstić information content (AvgIpc) is 2.77. The molecule has 0 N–H and O–H groups in total. The molecule has 0 amide bonds. The van der Waals surface area contributed by atoms with Crippen molar-refractivity contribution >= 4 is 11.9 Å². The molecule has 9 heteroatoms. The van der Waals surface area contributed by atoms with Crippen LogP contribution < -0.4 is 9.64 Å². The summed E-state index contributed by atoms with van der Waals surface area (Å²) < 4.78 is 84.0. The number of halogens is 6. The summed E-state index contributed by atoms with van der Waals surface area (Å²) >= 11 is 0. The molecule has 0 spiro atoms. The van der Waals surface area contributed by atoms with Gasteiger partial charge in [-0.2, -0.15) is 26.3 Å². The molecule has 0 radical (unpaired) electrons. The first-order chi connectivity index (χ1) is 15.5. The Morgan fingerprint density at radius 2 is 1.73 bits per heavy atom. The third-order valence-electron chi connectivity index (χ3n) is 5.67.